The third-order valence-electron chi connectivity index (χ3n) is 5.42. The molecule has 0 aliphatic heterocycles. The van der Waals surface area contributed by atoms with Crippen LogP contribution < -0.4 is 20.1 Å². The number of rotatable bonds is 6. The fourth-order valence-electron chi connectivity index (χ4n) is 3.70. The molecule has 4 rings (SSSR count). The van der Waals surface area contributed by atoms with Gasteiger partial charge < -0.3 is 20.1 Å². The Morgan fingerprint density at radius 1 is 1.10 bits per heavy atom. The van der Waals surface area contributed by atoms with Gasteiger partial charge in [0, 0.05) is 29.4 Å². The SMILES string of the molecule is CNC1CCC(Oc2cc3cnc(Nc4ccc(F)c(Cl)c4)nc3cc2OC)CC1. The van der Waals surface area contributed by atoms with Crippen LogP contribution in [0.25, 0.3) is 10.9 Å². The number of halogens is 2. The fraction of sp³-hybridized carbons (Fsp3) is 0.364. The zero-order chi connectivity index (χ0) is 21.1. The molecule has 2 aromatic carbocycles. The van der Waals surface area contributed by atoms with E-state index in [-0.39, 0.29) is 11.1 Å². The van der Waals surface area contributed by atoms with Crippen LogP contribution >= 0.6 is 11.6 Å². The van der Waals surface area contributed by atoms with Crippen LogP contribution in [0, 0.1) is 5.82 Å². The van der Waals surface area contributed by atoms with E-state index in [1.54, 1.807) is 19.4 Å². The molecule has 1 aliphatic carbocycles. The van der Waals surface area contributed by atoms with Gasteiger partial charge in [-0.1, -0.05) is 11.6 Å². The summed E-state index contributed by atoms with van der Waals surface area (Å²) in [6, 6.07) is 8.69. The lowest BCUT2D eigenvalue weighted by Crippen LogP contribution is -2.34. The average molecular weight is 431 g/mol. The summed E-state index contributed by atoms with van der Waals surface area (Å²) in [6.07, 6.45) is 6.11. The van der Waals surface area contributed by atoms with Gasteiger partial charge in [-0.3, -0.25) is 0 Å². The maximum Gasteiger partial charge on any atom is 0.227 e. The molecule has 0 atom stereocenters. The Balaban J connectivity index is 1.54. The largest absolute Gasteiger partial charge is 0.493 e. The van der Waals surface area contributed by atoms with Crippen LogP contribution in [0.5, 0.6) is 11.5 Å². The average Bonchev–Trinajstić information content (AvgIpc) is 2.76. The van der Waals surface area contributed by atoms with Gasteiger partial charge in [0.2, 0.25) is 5.95 Å². The Morgan fingerprint density at radius 3 is 2.60 bits per heavy atom. The van der Waals surface area contributed by atoms with Crippen LogP contribution in [0.15, 0.2) is 36.5 Å². The summed E-state index contributed by atoms with van der Waals surface area (Å²) in [5.74, 6) is 1.24. The predicted octanol–water partition coefficient (Wildman–Crippen LogP) is 5.08. The summed E-state index contributed by atoms with van der Waals surface area (Å²) in [5, 5.41) is 7.26. The van der Waals surface area contributed by atoms with E-state index in [0.29, 0.717) is 34.7 Å². The zero-order valence-electron chi connectivity index (χ0n) is 16.9. The van der Waals surface area contributed by atoms with E-state index >= 15 is 0 Å². The highest BCUT2D eigenvalue weighted by atomic mass is 35.5. The lowest BCUT2D eigenvalue weighted by Gasteiger charge is -2.29. The van der Waals surface area contributed by atoms with Gasteiger partial charge in [0.15, 0.2) is 11.5 Å². The first-order valence-corrected chi connectivity index (χ1v) is 10.3. The van der Waals surface area contributed by atoms with Crippen LogP contribution in [-0.4, -0.2) is 36.3 Å². The summed E-state index contributed by atoms with van der Waals surface area (Å²) in [4.78, 5) is 8.89. The lowest BCUT2D eigenvalue weighted by atomic mass is 9.93. The van der Waals surface area contributed by atoms with E-state index in [1.165, 1.54) is 12.1 Å². The highest BCUT2D eigenvalue weighted by Crippen LogP contribution is 2.35. The Labute approximate surface area is 179 Å². The van der Waals surface area contributed by atoms with Crippen molar-refractivity contribution in [2.24, 2.45) is 0 Å². The highest BCUT2D eigenvalue weighted by Gasteiger charge is 2.22. The van der Waals surface area contributed by atoms with E-state index in [1.807, 2.05) is 19.2 Å². The quantitative estimate of drug-likeness (QED) is 0.568. The molecule has 0 saturated heterocycles. The molecule has 0 amide bonds. The van der Waals surface area contributed by atoms with Crippen LogP contribution in [0.4, 0.5) is 16.0 Å². The molecule has 1 aromatic heterocycles. The van der Waals surface area contributed by atoms with Gasteiger partial charge in [-0.15, -0.1) is 0 Å². The number of hydrogen-bond acceptors (Lipinski definition) is 6. The second-order valence-corrected chi connectivity index (χ2v) is 7.80. The second-order valence-electron chi connectivity index (χ2n) is 7.39. The Kier molecular flexibility index (Phi) is 6.20. The van der Waals surface area contributed by atoms with Crippen molar-refractivity contribution >= 4 is 34.1 Å². The van der Waals surface area contributed by atoms with Gasteiger partial charge in [0.05, 0.1) is 23.8 Å². The lowest BCUT2D eigenvalue weighted by molar-refractivity contribution is 0.137. The van der Waals surface area contributed by atoms with Crippen LogP contribution in [-0.2, 0) is 0 Å². The molecule has 0 spiro atoms. The summed E-state index contributed by atoms with van der Waals surface area (Å²) in [7, 11) is 3.62. The molecule has 30 heavy (non-hydrogen) atoms. The maximum absolute atomic E-state index is 13.4. The highest BCUT2D eigenvalue weighted by molar-refractivity contribution is 6.31. The molecule has 158 valence electrons. The van der Waals surface area contributed by atoms with E-state index < -0.39 is 5.82 Å². The minimum Gasteiger partial charge on any atom is -0.493 e. The van der Waals surface area contributed by atoms with Gasteiger partial charge in [-0.05, 0) is 57.0 Å². The monoisotopic (exact) mass is 430 g/mol. The number of ether oxygens (including phenoxy) is 2. The van der Waals surface area contributed by atoms with Crippen molar-refractivity contribution in [3.8, 4) is 11.5 Å². The molecule has 2 N–H and O–H groups in total. The number of aromatic nitrogens is 2. The van der Waals surface area contributed by atoms with Crippen molar-refractivity contribution in [2.75, 3.05) is 19.5 Å². The van der Waals surface area contributed by atoms with Gasteiger partial charge in [0.25, 0.3) is 0 Å². The molecule has 1 aliphatic rings. The van der Waals surface area contributed by atoms with Crippen molar-refractivity contribution < 1.29 is 13.9 Å². The van der Waals surface area contributed by atoms with Crippen molar-refractivity contribution in [1.82, 2.24) is 15.3 Å². The zero-order valence-corrected chi connectivity index (χ0v) is 17.7. The predicted molar refractivity (Wildman–Crippen MR) is 117 cm³/mol. The van der Waals surface area contributed by atoms with E-state index in [2.05, 4.69) is 20.6 Å². The van der Waals surface area contributed by atoms with Crippen molar-refractivity contribution in [1.29, 1.82) is 0 Å². The minimum atomic E-state index is -0.474. The molecule has 1 heterocycles. The third-order valence-corrected chi connectivity index (χ3v) is 5.71. The summed E-state index contributed by atoms with van der Waals surface area (Å²) in [6.45, 7) is 0. The van der Waals surface area contributed by atoms with E-state index in [0.717, 1.165) is 31.1 Å². The third kappa shape index (κ3) is 4.57. The van der Waals surface area contributed by atoms with Gasteiger partial charge in [0.1, 0.15) is 5.82 Å². The van der Waals surface area contributed by atoms with Crippen LogP contribution in [0.2, 0.25) is 5.02 Å². The molecular formula is C22H24ClFN4O2. The standard InChI is InChI=1S/C22H24ClFN4O2/c1-25-14-3-6-16(7-4-14)30-21-9-13-12-26-22(28-19(13)11-20(21)29-2)27-15-5-8-18(24)17(23)10-15/h5,8-12,14,16,25H,3-4,6-7H2,1-2H3,(H,26,27,28). The smallest absolute Gasteiger partial charge is 0.227 e. The fourth-order valence-corrected chi connectivity index (χ4v) is 3.88. The number of anilines is 2. The number of methoxy groups -OCH3 is 1. The van der Waals surface area contributed by atoms with E-state index in [9.17, 15) is 4.39 Å². The summed E-state index contributed by atoms with van der Waals surface area (Å²) >= 11 is 5.84. The topological polar surface area (TPSA) is 68.3 Å². The molecule has 0 unspecified atom stereocenters. The molecule has 0 bridgehead atoms. The maximum atomic E-state index is 13.4. The van der Waals surface area contributed by atoms with Crippen LogP contribution in [0.3, 0.4) is 0 Å². The first-order valence-electron chi connectivity index (χ1n) is 9.96. The molecule has 8 heteroatoms. The number of fused-ring (bicyclic) bond motifs is 1. The molecule has 0 radical (unpaired) electrons. The van der Waals surface area contributed by atoms with E-state index in [4.69, 9.17) is 21.1 Å². The summed E-state index contributed by atoms with van der Waals surface area (Å²) in [5.41, 5.74) is 1.31. The van der Waals surface area contributed by atoms with Crippen molar-refractivity contribution in [2.45, 2.75) is 37.8 Å². The Morgan fingerprint density at radius 2 is 1.90 bits per heavy atom. The van der Waals surface area contributed by atoms with Gasteiger partial charge in [-0.2, -0.15) is 0 Å². The second kappa shape index (κ2) is 9.02. The van der Waals surface area contributed by atoms with Crippen molar-refractivity contribution in [3.05, 3.63) is 47.4 Å². The van der Waals surface area contributed by atoms with Gasteiger partial charge in [-0.25, -0.2) is 14.4 Å². The number of nitrogens with one attached hydrogen (secondary N) is 2. The van der Waals surface area contributed by atoms with Crippen molar-refractivity contribution in [3.63, 3.8) is 0 Å². The summed E-state index contributed by atoms with van der Waals surface area (Å²) < 4.78 is 25.2. The molecule has 6 nitrogen and oxygen atoms in total. The number of nitrogens with zero attached hydrogens (tertiary/aromatic N) is 2. The van der Waals surface area contributed by atoms with Crippen LogP contribution in [0.1, 0.15) is 25.7 Å². The molecule has 1 fully saturated rings. The molecule has 1 saturated carbocycles. The number of benzene rings is 2. The Hall–Kier alpha value is -2.64. The normalized spacial score (nSPS) is 18.9. The molecule has 3 aromatic rings. The minimum absolute atomic E-state index is 0.0352. The Bertz CT molecular complexity index is 1040. The molecular weight excluding hydrogens is 407 g/mol. The van der Waals surface area contributed by atoms with Gasteiger partial charge >= 0.3 is 0 Å². The number of hydrogen-bond donors (Lipinski definition) is 2. The first-order chi connectivity index (χ1) is 14.6. The first kappa shape index (κ1) is 20.6.